The summed E-state index contributed by atoms with van der Waals surface area (Å²) in [7, 11) is 1.89. The Kier molecular flexibility index (Phi) is 3.15. The first-order valence-corrected chi connectivity index (χ1v) is 3.38. The van der Waals surface area contributed by atoms with Crippen LogP contribution >= 0.6 is 0 Å². The zero-order valence-electron chi connectivity index (χ0n) is 6.94. The molecule has 0 spiro atoms. The summed E-state index contributed by atoms with van der Waals surface area (Å²) in [6.07, 6.45) is 1.15. The summed E-state index contributed by atoms with van der Waals surface area (Å²) in [6, 6.07) is 0. The third-order valence-electron chi connectivity index (χ3n) is 1.21. The van der Waals surface area contributed by atoms with Crippen molar-refractivity contribution in [1.82, 2.24) is 5.01 Å². The summed E-state index contributed by atoms with van der Waals surface area (Å²) < 4.78 is 0. The van der Waals surface area contributed by atoms with E-state index < -0.39 is 0 Å². The van der Waals surface area contributed by atoms with E-state index in [0.29, 0.717) is 5.41 Å². The molecule has 2 nitrogen and oxygen atoms in total. The van der Waals surface area contributed by atoms with Crippen LogP contribution in [0.4, 0.5) is 0 Å². The van der Waals surface area contributed by atoms with Crippen LogP contribution < -0.4 is 5.84 Å². The summed E-state index contributed by atoms with van der Waals surface area (Å²) >= 11 is 0. The zero-order chi connectivity index (χ0) is 7.49. The molecule has 0 heterocycles. The van der Waals surface area contributed by atoms with E-state index in [1.807, 2.05) is 7.05 Å². The number of nitrogens with zero attached hydrogens (tertiary/aromatic N) is 1. The Balaban J connectivity index is 3.28. The van der Waals surface area contributed by atoms with Crippen LogP contribution in [0.25, 0.3) is 0 Å². The molecular formula is C7H18N2. The fourth-order valence-electron chi connectivity index (χ4n) is 0.512. The molecule has 2 N–H and O–H groups in total. The topological polar surface area (TPSA) is 29.3 Å². The van der Waals surface area contributed by atoms with Crippen LogP contribution in [0.3, 0.4) is 0 Å². The van der Waals surface area contributed by atoms with E-state index in [0.717, 1.165) is 13.0 Å². The minimum absolute atomic E-state index is 0.410. The predicted octanol–water partition coefficient (Wildman–Crippen LogP) is 1.23. The summed E-state index contributed by atoms with van der Waals surface area (Å²) in [5.74, 6) is 5.43. The van der Waals surface area contributed by atoms with Gasteiger partial charge in [-0.2, -0.15) is 0 Å². The molecule has 0 saturated heterocycles. The molecule has 0 aromatic rings. The lowest BCUT2D eigenvalue weighted by Gasteiger charge is -2.20. The second-order valence-corrected chi connectivity index (χ2v) is 3.79. The summed E-state index contributed by atoms with van der Waals surface area (Å²) in [6.45, 7) is 7.63. The third-order valence-corrected chi connectivity index (χ3v) is 1.21. The highest BCUT2D eigenvalue weighted by Crippen LogP contribution is 2.17. The molecule has 0 saturated carbocycles. The SMILES string of the molecule is CN(N)CCC(C)(C)C. The van der Waals surface area contributed by atoms with Gasteiger partial charge in [0.2, 0.25) is 0 Å². The summed E-state index contributed by atoms with van der Waals surface area (Å²) in [5, 5.41) is 1.73. The second kappa shape index (κ2) is 3.18. The number of hydrogen-bond acceptors (Lipinski definition) is 2. The van der Waals surface area contributed by atoms with Crippen LogP contribution in [0.15, 0.2) is 0 Å². The molecule has 0 aliphatic carbocycles. The van der Waals surface area contributed by atoms with Gasteiger partial charge in [0.05, 0.1) is 0 Å². The standard InChI is InChI=1S/C7H18N2/c1-7(2,3)5-6-9(4)8/h5-6,8H2,1-4H3. The minimum Gasteiger partial charge on any atom is -0.269 e. The zero-order valence-corrected chi connectivity index (χ0v) is 6.94. The fraction of sp³-hybridized carbons (Fsp3) is 1.00. The molecule has 0 atom stereocenters. The van der Waals surface area contributed by atoms with Crippen LogP contribution in [0.5, 0.6) is 0 Å². The molecule has 0 aliphatic heterocycles. The van der Waals surface area contributed by atoms with Gasteiger partial charge in [0.1, 0.15) is 0 Å². The lowest BCUT2D eigenvalue weighted by Crippen LogP contribution is -2.29. The monoisotopic (exact) mass is 130 g/mol. The number of hydrazine groups is 1. The molecular weight excluding hydrogens is 112 g/mol. The molecule has 9 heavy (non-hydrogen) atoms. The van der Waals surface area contributed by atoms with E-state index in [1.165, 1.54) is 0 Å². The van der Waals surface area contributed by atoms with Crippen molar-refractivity contribution in [3.63, 3.8) is 0 Å². The van der Waals surface area contributed by atoms with Gasteiger partial charge in [0.25, 0.3) is 0 Å². The highest BCUT2D eigenvalue weighted by molar-refractivity contribution is 4.61. The largest absolute Gasteiger partial charge is 0.269 e. The molecule has 0 aromatic carbocycles. The Morgan fingerprint density at radius 1 is 1.33 bits per heavy atom. The van der Waals surface area contributed by atoms with Crippen molar-refractivity contribution in [3.8, 4) is 0 Å². The molecule has 0 unspecified atom stereocenters. The first-order valence-electron chi connectivity index (χ1n) is 3.38. The number of hydrogen-bond donors (Lipinski definition) is 1. The number of nitrogens with two attached hydrogens (primary N) is 1. The molecule has 56 valence electrons. The first-order chi connectivity index (χ1) is 3.92. The molecule has 0 amide bonds. The third kappa shape index (κ3) is 7.92. The molecule has 0 rings (SSSR count). The van der Waals surface area contributed by atoms with Crippen LogP contribution in [0, 0.1) is 5.41 Å². The molecule has 0 fully saturated rings. The van der Waals surface area contributed by atoms with E-state index in [4.69, 9.17) is 5.84 Å². The van der Waals surface area contributed by atoms with Gasteiger partial charge in [-0.05, 0) is 11.8 Å². The van der Waals surface area contributed by atoms with Crippen molar-refractivity contribution in [2.45, 2.75) is 27.2 Å². The predicted molar refractivity (Wildman–Crippen MR) is 40.9 cm³/mol. The van der Waals surface area contributed by atoms with Crippen molar-refractivity contribution in [3.05, 3.63) is 0 Å². The van der Waals surface area contributed by atoms with E-state index >= 15 is 0 Å². The fourth-order valence-corrected chi connectivity index (χ4v) is 0.512. The highest BCUT2D eigenvalue weighted by atomic mass is 15.4. The van der Waals surface area contributed by atoms with Gasteiger partial charge in [-0.1, -0.05) is 20.8 Å². The van der Waals surface area contributed by atoms with Crippen molar-refractivity contribution < 1.29 is 0 Å². The Morgan fingerprint density at radius 3 is 1.89 bits per heavy atom. The van der Waals surface area contributed by atoms with Gasteiger partial charge in [-0.15, -0.1) is 0 Å². The van der Waals surface area contributed by atoms with Crippen LogP contribution in [-0.2, 0) is 0 Å². The lowest BCUT2D eigenvalue weighted by atomic mass is 9.92. The Bertz CT molecular complexity index is 71.5. The van der Waals surface area contributed by atoms with Gasteiger partial charge >= 0.3 is 0 Å². The Labute approximate surface area is 58.0 Å². The normalized spacial score (nSPS) is 12.7. The van der Waals surface area contributed by atoms with Crippen molar-refractivity contribution in [2.75, 3.05) is 13.6 Å². The Hall–Kier alpha value is -0.0800. The summed E-state index contributed by atoms with van der Waals surface area (Å²) in [5.41, 5.74) is 0.410. The smallest absolute Gasteiger partial charge is 0.0130 e. The van der Waals surface area contributed by atoms with Crippen molar-refractivity contribution in [1.29, 1.82) is 0 Å². The van der Waals surface area contributed by atoms with Gasteiger partial charge in [0, 0.05) is 13.6 Å². The molecule has 0 radical (unpaired) electrons. The van der Waals surface area contributed by atoms with Gasteiger partial charge in [-0.3, -0.25) is 10.9 Å². The van der Waals surface area contributed by atoms with Gasteiger partial charge in [-0.25, -0.2) is 0 Å². The average Bonchev–Trinajstić information content (AvgIpc) is 1.59. The van der Waals surface area contributed by atoms with E-state index in [-0.39, 0.29) is 0 Å². The van der Waals surface area contributed by atoms with E-state index in [9.17, 15) is 0 Å². The highest BCUT2D eigenvalue weighted by Gasteiger charge is 2.09. The Morgan fingerprint density at radius 2 is 1.78 bits per heavy atom. The maximum absolute atomic E-state index is 5.43. The second-order valence-electron chi connectivity index (χ2n) is 3.79. The minimum atomic E-state index is 0.410. The number of rotatable bonds is 2. The van der Waals surface area contributed by atoms with Crippen LogP contribution in [0.2, 0.25) is 0 Å². The van der Waals surface area contributed by atoms with Crippen molar-refractivity contribution >= 4 is 0 Å². The molecule has 0 aromatic heterocycles. The first kappa shape index (κ1) is 8.92. The maximum atomic E-state index is 5.43. The van der Waals surface area contributed by atoms with Crippen LogP contribution in [-0.4, -0.2) is 18.6 Å². The van der Waals surface area contributed by atoms with Crippen molar-refractivity contribution in [2.24, 2.45) is 11.3 Å². The molecule has 0 bridgehead atoms. The maximum Gasteiger partial charge on any atom is 0.0130 e. The van der Waals surface area contributed by atoms with E-state index in [1.54, 1.807) is 5.01 Å². The van der Waals surface area contributed by atoms with Gasteiger partial charge < -0.3 is 0 Å². The lowest BCUT2D eigenvalue weighted by molar-refractivity contribution is 0.270. The molecule has 2 heteroatoms. The summed E-state index contributed by atoms with van der Waals surface area (Å²) in [4.78, 5) is 0. The van der Waals surface area contributed by atoms with Gasteiger partial charge in [0.15, 0.2) is 0 Å². The van der Waals surface area contributed by atoms with E-state index in [2.05, 4.69) is 20.8 Å². The van der Waals surface area contributed by atoms with Crippen LogP contribution in [0.1, 0.15) is 27.2 Å². The quantitative estimate of drug-likeness (QED) is 0.450. The average molecular weight is 130 g/mol. The molecule has 0 aliphatic rings.